The average Bonchev–Trinajstić information content (AvgIpc) is 2.72. The minimum atomic E-state index is -0.223. The highest BCUT2D eigenvalue weighted by atomic mass is 32.1. The van der Waals surface area contributed by atoms with Gasteiger partial charge in [-0.3, -0.25) is 4.79 Å². The fourth-order valence-corrected chi connectivity index (χ4v) is 2.81. The molecule has 0 radical (unpaired) electrons. The number of nitrogen functional groups attached to an aromatic ring is 1. The maximum absolute atomic E-state index is 11.9. The third-order valence-corrected chi connectivity index (χ3v) is 4.06. The second-order valence-electron chi connectivity index (χ2n) is 4.18. The van der Waals surface area contributed by atoms with Crippen molar-refractivity contribution in [3.63, 3.8) is 0 Å². The number of nitrogens with two attached hydrogens (primary N) is 1. The molecule has 104 valence electrons. The summed E-state index contributed by atoms with van der Waals surface area (Å²) >= 11 is 1.25. The zero-order valence-electron chi connectivity index (χ0n) is 11.5. The van der Waals surface area contributed by atoms with Crippen LogP contribution in [0.5, 0.6) is 0 Å². The number of rotatable bonds is 6. The molecule has 1 heterocycles. The zero-order chi connectivity index (χ0) is 14.4. The van der Waals surface area contributed by atoms with E-state index < -0.39 is 0 Å². The summed E-state index contributed by atoms with van der Waals surface area (Å²) in [6.07, 6.45) is 1.91. The number of thiophene rings is 1. The van der Waals surface area contributed by atoms with E-state index in [1.165, 1.54) is 11.3 Å². The van der Waals surface area contributed by atoms with Gasteiger partial charge in [0.15, 0.2) is 0 Å². The van der Waals surface area contributed by atoms with E-state index in [1.807, 2.05) is 6.92 Å². The number of anilines is 2. The Hall–Kier alpha value is -1.74. The summed E-state index contributed by atoms with van der Waals surface area (Å²) in [7, 11) is 0. The van der Waals surface area contributed by atoms with Crippen LogP contribution in [0.1, 0.15) is 48.8 Å². The van der Waals surface area contributed by atoms with Gasteiger partial charge in [0.25, 0.3) is 5.91 Å². The summed E-state index contributed by atoms with van der Waals surface area (Å²) in [5.41, 5.74) is 6.54. The summed E-state index contributed by atoms with van der Waals surface area (Å²) in [4.78, 5) is 12.3. The van der Waals surface area contributed by atoms with Crippen LogP contribution in [-0.2, 0) is 0 Å². The smallest absolute Gasteiger partial charge is 0.263 e. The van der Waals surface area contributed by atoms with Gasteiger partial charge in [0, 0.05) is 12.6 Å². The highest BCUT2D eigenvalue weighted by Crippen LogP contribution is 2.35. The summed E-state index contributed by atoms with van der Waals surface area (Å²) < 4.78 is 0. The van der Waals surface area contributed by atoms with Gasteiger partial charge < -0.3 is 16.4 Å². The van der Waals surface area contributed by atoms with Gasteiger partial charge in [-0.15, -0.1) is 11.3 Å². The Kier molecular flexibility index (Phi) is 5.64. The van der Waals surface area contributed by atoms with E-state index in [4.69, 9.17) is 5.73 Å². The van der Waals surface area contributed by atoms with Gasteiger partial charge in [-0.25, -0.2) is 0 Å². The molecule has 6 heteroatoms. The predicted octanol–water partition coefficient (Wildman–Crippen LogP) is 2.55. The number of nitriles is 1. The molecule has 0 fully saturated rings. The van der Waals surface area contributed by atoms with Crippen LogP contribution in [0, 0.1) is 11.3 Å². The summed E-state index contributed by atoms with van der Waals surface area (Å²) in [5.74, 6) is -0.223. The maximum atomic E-state index is 11.9. The van der Waals surface area contributed by atoms with E-state index >= 15 is 0 Å². The van der Waals surface area contributed by atoms with Crippen LogP contribution in [0.3, 0.4) is 0 Å². The molecule has 0 saturated carbocycles. The van der Waals surface area contributed by atoms with Crippen LogP contribution in [0.25, 0.3) is 0 Å². The lowest BCUT2D eigenvalue weighted by Gasteiger charge is -2.14. The standard InChI is InChI=1S/C13H20N4OS/c1-4-8(5-2)17-13-9(7-14)10(15)11(19-13)12(18)16-6-3/h8,17H,4-6,15H2,1-3H3,(H,16,18). The monoisotopic (exact) mass is 280 g/mol. The van der Waals surface area contributed by atoms with Crippen molar-refractivity contribution in [1.29, 1.82) is 5.26 Å². The summed E-state index contributed by atoms with van der Waals surface area (Å²) in [5, 5.41) is 15.9. The largest absolute Gasteiger partial charge is 0.396 e. The molecule has 0 aliphatic heterocycles. The van der Waals surface area contributed by atoms with Crippen LogP contribution in [0.4, 0.5) is 10.7 Å². The number of carbonyl (C=O) groups is 1. The van der Waals surface area contributed by atoms with E-state index in [0.717, 1.165) is 12.8 Å². The predicted molar refractivity (Wildman–Crippen MR) is 79.4 cm³/mol. The molecule has 0 atom stereocenters. The number of nitrogens with one attached hydrogen (secondary N) is 2. The second kappa shape index (κ2) is 7.00. The zero-order valence-corrected chi connectivity index (χ0v) is 12.4. The highest BCUT2D eigenvalue weighted by molar-refractivity contribution is 7.18. The lowest BCUT2D eigenvalue weighted by molar-refractivity contribution is 0.0960. The normalized spacial score (nSPS) is 10.3. The van der Waals surface area contributed by atoms with Crippen molar-refractivity contribution >= 4 is 27.9 Å². The van der Waals surface area contributed by atoms with Crippen molar-refractivity contribution < 1.29 is 4.79 Å². The van der Waals surface area contributed by atoms with Gasteiger partial charge in [0.1, 0.15) is 21.5 Å². The van der Waals surface area contributed by atoms with E-state index in [1.54, 1.807) is 0 Å². The Morgan fingerprint density at radius 1 is 1.42 bits per heavy atom. The fourth-order valence-electron chi connectivity index (χ4n) is 1.74. The summed E-state index contributed by atoms with van der Waals surface area (Å²) in [6, 6.07) is 2.36. The fraction of sp³-hybridized carbons (Fsp3) is 0.538. The van der Waals surface area contributed by atoms with Crippen LogP contribution in [0.15, 0.2) is 0 Å². The van der Waals surface area contributed by atoms with E-state index in [9.17, 15) is 10.1 Å². The van der Waals surface area contributed by atoms with Gasteiger partial charge in [0.05, 0.1) is 5.69 Å². The van der Waals surface area contributed by atoms with Crippen molar-refractivity contribution in [2.45, 2.75) is 39.7 Å². The third-order valence-electron chi connectivity index (χ3n) is 2.92. The average molecular weight is 280 g/mol. The molecule has 1 aromatic rings. The Balaban J connectivity index is 3.09. The molecule has 19 heavy (non-hydrogen) atoms. The van der Waals surface area contributed by atoms with Gasteiger partial charge >= 0.3 is 0 Å². The van der Waals surface area contributed by atoms with Crippen molar-refractivity contribution in [3.05, 3.63) is 10.4 Å². The number of hydrogen-bond acceptors (Lipinski definition) is 5. The molecule has 0 spiro atoms. The molecule has 0 aliphatic carbocycles. The highest BCUT2D eigenvalue weighted by Gasteiger charge is 2.21. The molecule has 1 amide bonds. The van der Waals surface area contributed by atoms with Crippen molar-refractivity contribution in [2.24, 2.45) is 0 Å². The molecule has 0 bridgehead atoms. The molecule has 0 aliphatic rings. The van der Waals surface area contributed by atoms with E-state index in [0.29, 0.717) is 22.0 Å². The van der Waals surface area contributed by atoms with Crippen LogP contribution >= 0.6 is 11.3 Å². The molecule has 0 aromatic carbocycles. The molecule has 1 rings (SSSR count). The summed E-state index contributed by atoms with van der Waals surface area (Å²) in [6.45, 7) is 6.54. The Labute approximate surface area is 117 Å². The first-order valence-corrected chi connectivity index (χ1v) is 7.27. The number of carbonyl (C=O) groups excluding carboxylic acids is 1. The van der Waals surface area contributed by atoms with Crippen LogP contribution in [0.2, 0.25) is 0 Å². The van der Waals surface area contributed by atoms with Gasteiger partial charge in [-0.05, 0) is 19.8 Å². The molecule has 1 aromatic heterocycles. The minimum absolute atomic E-state index is 0.223. The first-order chi connectivity index (χ1) is 9.08. The number of amides is 1. The third kappa shape index (κ3) is 3.38. The van der Waals surface area contributed by atoms with E-state index in [-0.39, 0.29) is 17.6 Å². The van der Waals surface area contributed by atoms with Gasteiger partial charge in [-0.2, -0.15) is 5.26 Å². The second-order valence-corrected chi connectivity index (χ2v) is 5.20. The Bertz CT molecular complexity index is 486. The lowest BCUT2D eigenvalue weighted by Crippen LogP contribution is -2.22. The van der Waals surface area contributed by atoms with Gasteiger partial charge in [-0.1, -0.05) is 13.8 Å². The molecule has 4 N–H and O–H groups in total. The number of hydrogen-bond donors (Lipinski definition) is 3. The topological polar surface area (TPSA) is 90.9 Å². The quantitative estimate of drug-likeness (QED) is 0.747. The Morgan fingerprint density at radius 2 is 2.05 bits per heavy atom. The van der Waals surface area contributed by atoms with Crippen LogP contribution in [-0.4, -0.2) is 18.5 Å². The Morgan fingerprint density at radius 3 is 2.53 bits per heavy atom. The molecule has 5 nitrogen and oxygen atoms in total. The van der Waals surface area contributed by atoms with E-state index in [2.05, 4.69) is 30.6 Å². The van der Waals surface area contributed by atoms with Gasteiger partial charge in [0.2, 0.25) is 0 Å². The van der Waals surface area contributed by atoms with Crippen molar-refractivity contribution in [3.8, 4) is 6.07 Å². The lowest BCUT2D eigenvalue weighted by atomic mass is 10.1. The van der Waals surface area contributed by atoms with Crippen molar-refractivity contribution in [1.82, 2.24) is 5.32 Å². The molecule has 0 unspecified atom stereocenters. The first kappa shape index (κ1) is 15.3. The first-order valence-electron chi connectivity index (χ1n) is 6.45. The minimum Gasteiger partial charge on any atom is -0.396 e. The molecular weight excluding hydrogens is 260 g/mol. The molecule has 0 saturated heterocycles. The number of nitrogens with zero attached hydrogens (tertiary/aromatic N) is 1. The maximum Gasteiger partial charge on any atom is 0.263 e. The van der Waals surface area contributed by atoms with Crippen molar-refractivity contribution in [2.75, 3.05) is 17.6 Å². The molecular formula is C13H20N4OS. The SMILES string of the molecule is CCNC(=O)c1sc(NC(CC)CC)c(C#N)c1N. The van der Waals surface area contributed by atoms with Crippen LogP contribution < -0.4 is 16.4 Å².